The fourth-order valence-electron chi connectivity index (χ4n) is 0.977. The third-order valence-corrected chi connectivity index (χ3v) is 3.24. The van der Waals surface area contributed by atoms with E-state index in [1.165, 1.54) is 0 Å². The van der Waals surface area contributed by atoms with Crippen LogP contribution in [0, 0.1) is 0 Å². The van der Waals surface area contributed by atoms with Gasteiger partial charge in [0.1, 0.15) is 0 Å². The topological polar surface area (TPSA) is 55.5 Å². The van der Waals surface area contributed by atoms with Gasteiger partial charge in [0.2, 0.25) is 0 Å². The highest BCUT2D eigenvalue weighted by molar-refractivity contribution is 9.11. The zero-order valence-corrected chi connectivity index (χ0v) is 12.2. The first-order valence-electron chi connectivity index (χ1n) is 4.00. The summed E-state index contributed by atoms with van der Waals surface area (Å²) in [7, 11) is -0.278. The first kappa shape index (κ1) is 12.9. The largest absolute Gasteiger partial charge is 0.397 e. The maximum Gasteiger partial charge on any atom is 0.285 e. The van der Waals surface area contributed by atoms with E-state index in [4.69, 9.17) is 5.73 Å². The van der Waals surface area contributed by atoms with Crippen LogP contribution in [0.1, 0.15) is 10.4 Å². The third kappa shape index (κ3) is 3.39. The lowest BCUT2D eigenvalue weighted by Gasteiger charge is -2.05. The monoisotopic (exact) mass is 352 g/mol. The second-order valence-corrected chi connectivity index (χ2v) is 6.52. The Morgan fingerprint density at radius 2 is 2.00 bits per heavy atom. The summed E-state index contributed by atoms with van der Waals surface area (Å²) >= 11 is 6.59. The SMILES string of the molecule is CS(C)=NC(=O)c1cc(Br)cc(Br)c1N. The number of rotatable bonds is 1. The molecule has 1 aromatic carbocycles. The van der Waals surface area contributed by atoms with E-state index in [1.807, 2.05) is 12.5 Å². The van der Waals surface area contributed by atoms with E-state index >= 15 is 0 Å². The van der Waals surface area contributed by atoms with Gasteiger partial charge in [-0.15, -0.1) is 0 Å². The molecular weight excluding hydrogens is 344 g/mol. The molecule has 0 atom stereocenters. The molecule has 0 aromatic heterocycles. The number of nitrogen functional groups attached to an aromatic ring is 1. The highest BCUT2D eigenvalue weighted by Gasteiger charge is 2.12. The highest BCUT2D eigenvalue weighted by Crippen LogP contribution is 2.28. The van der Waals surface area contributed by atoms with Gasteiger partial charge in [-0.25, -0.2) is 0 Å². The zero-order valence-electron chi connectivity index (χ0n) is 8.25. The Kier molecular flexibility index (Phi) is 4.48. The summed E-state index contributed by atoms with van der Waals surface area (Å²) in [5.74, 6) is -0.275. The lowest BCUT2D eigenvalue weighted by atomic mass is 10.2. The van der Waals surface area contributed by atoms with Crippen LogP contribution in [0.25, 0.3) is 0 Å². The van der Waals surface area contributed by atoms with Crippen LogP contribution in [0.3, 0.4) is 0 Å². The summed E-state index contributed by atoms with van der Waals surface area (Å²) in [6.45, 7) is 0. The summed E-state index contributed by atoms with van der Waals surface area (Å²) in [6, 6.07) is 3.47. The molecule has 3 nitrogen and oxygen atoms in total. The van der Waals surface area contributed by atoms with E-state index < -0.39 is 0 Å². The van der Waals surface area contributed by atoms with Gasteiger partial charge in [0, 0.05) is 8.95 Å². The predicted molar refractivity (Wildman–Crippen MR) is 72.2 cm³/mol. The minimum absolute atomic E-state index is 0.275. The molecule has 0 aliphatic heterocycles. The summed E-state index contributed by atoms with van der Waals surface area (Å²) in [4.78, 5) is 11.7. The molecule has 1 aromatic rings. The van der Waals surface area contributed by atoms with Gasteiger partial charge in [-0.1, -0.05) is 26.6 Å². The first-order valence-corrected chi connectivity index (χ1v) is 7.58. The van der Waals surface area contributed by atoms with Crippen LogP contribution in [0.2, 0.25) is 0 Å². The number of hydrogen-bond acceptors (Lipinski definition) is 2. The molecule has 0 spiro atoms. The molecule has 0 radical (unpaired) electrons. The lowest BCUT2D eigenvalue weighted by molar-refractivity contribution is 0.101. The molecule has 82 valence electrons. The number of halogens is 2. The second kappa shape index (κ2) is 5.23. The molecule has 6 heteroatoms. The van der Waals surface area contributed by atoms with Crippen molar-refractivity contribution in [2.45, 2.75) is 0 Å². The van der Waals surface area contributed by atoms with E-state index in [0.29, 0.717) is 15.7 Å². The molecule has 0 aliphatic rings. The van der Waals surface area contributed by atoms with Crippen molar-refractivity contribution in [2.24, 2.45) is 4.36 Å². The molecule has 0 bridgehead atoms. The van der Waals surface area contributed by atoms with Crippen LogP contribution in [-0.4, -0.2) is 18.4 Å². The lowest BCUT2D eigenvalue weighted by Crippen LogP contribution is -2.03. The number of nitrogens with zero attached hydrogens (tertiary/aromatic N) is 1. The summed E-state index contributed by atoms with van der Waals surface area (Å²) < 4.78 is 5.45. The van der Waals surface area contributed by atoms with Gasteiger partial charge in [0.15, 0.2) is 0 Å². The molecule has 1 rings (SSSR count). The maximum absolute atomic E-state index is 11.7. The summed E-state index contributed by atoms with van der Waals surface area (Å²) in [5, 5.41) is 0. The van der Waals surface area contributed by atoms with Crippen molar-refractivity contribution >= 4 is 54.1 Å². The average molecular weight is 354 g/mol. The molecule has 15 heavy (non-hydrogen) atoms. The van der Waals surface area contributed by atoms with Gasteiger partial charge in [0.25, 0.3) is 5.91 Å². The number of amides is 1. The molecule has 2 N–H and O–H groups in total. The smallest absolute Gasteiger partial charge is 0.285 e. The van der Waals surface area contributed by atoms with E-state index in [9.17, 15) is 4.79 Å². The van der Waals surface area contributed by atoms with Crippen LogP contribution >= 0.6 is 31.9 Å². The van der Waals surface area contributed by atoms with Crippen molar-refractivity contribution in [3.05, 3.63) is 26.6 Å². The van der Waals surface area contributed by atoms with Crippen LogP contribution in [0.4, 0.5) is 5.69 Å². The van der Waals surface area contributed by atoms with E-state index in [0.717, 1.165) is 4.47 Å². The fourth-order valence-corrected chi connectivity index (χ4v) is 2.63. The molecule has 0 fully saturated rings. The number of anilines is 1. The summed E-state index contributed by atoms with van der Waals surface area (Å²) in [6.07, 6.45) is 3.75. The number of carbonyl (C=O) groups excluding carboxylic acids is 1. The van der Waals surface area contributed by atoms with Crippen molar-refractivity contribution < 1.29 is 4.79 Å². The molecule has 0 saturated heterocycles. The van der Waals surface area contributed by atoms with Gasteiger partial charge >= 0.3 is 0 Å². The van der Waals surface area contributed by atoms with Crippen molar-refractivity contribution in [2.75, 3.05) is 18.2 Å². The van der Waals surface area contributed by atoms with Crippen molar-refractivity contribution in [1.82, 2.24) is 0 Å². The maximum atomic E-state index is 11.7. The number of nitrogens with two attached hydrogens (primary N) is 1. The van der Waals surface area contributed by atoms with E-state index in [1.54, 1.807) is 12.1 Å². The predicted octanol–water partition coefficient (Wildman–Crippen LogP) is 3.00. The third-order valence-electron chi connectivity index (χ3n) is 1.59. The number of hydrogen-bond donors (Lipinski definition) is 1. The first-order chi connectivity index (χ1) is 6.91. The van der Waals surface area contributed by atoms with Gasteiger partial charge in [0.05, 0.1) is 11.3 Å². The van der Waals surface area contributed by atoms with Gasteiger partial charge in [-0.2, -0.15) is 4.36 Å². The average Bonchev–Trinajstić information content (AvgIpc) is 2.09. The molecule has 1 amide bonds. The van der Waals surface area contributed by atoms with Crippen molar-refractivity contribution in [3.8, 4) is 0 Å². The van der Waals surface area contributed by atoms with E-state index in [-0.39, 0.29) is 16.6 Å². The Morgan fingerprint density at radius 3 is 2.53 bits per heavy atom. The minimum Gasteiger partial charge on any atom is -0.397 e. The molecular formula is C9H10Br2N2OS. The molecule has 0 aliphatic carbocycles. The Labute approximate surface area is 108 Å². The van der Waals surface area contributed by atoms with Gasteiger partial charge in [-0.3, -0.25) is 4.79 Å². The number of benzene rings is 1. The Balaban J connectivity index is 3.26. The van der Waals surface area contributed by atoms with Crippen molar-refractivity contribution in [1.29, 1.82) is 0 Å². The highest BCUT2D eigenvalue weighted by atomic mass is 79.9. The van der Waals surface area contributed by atoms with Gasteiger partial charge in [-0.05, 0) is 40.6 Å². The van der Waals surface area contributed by atoms with E-state index in [2.05, 4.69) is 36.2 Å². The Bertz CT molecular complexity index is 442. The number of carbonyl (C=O) groups is 1. The fraction of sp³-hybridized carbons (Fsp3) is 0.222. The normalized spacial score (nSPS) is 10.5. The van der Waals surface area contributed by atoms with Crippen LogP contribution in [0.15, 0.2) is 25.4 Å². The Hall–Kier alpha value is -0.200. The minimum atomic E-state index is -0.278. The second-order valence-electron chi connectivity index (χ2n) is 3.02. The van der Waals surface area contributed by atoms with Crippen LogP contribution < -0.4 is 5.73 Å². The molecule has 0 saturated carbocycles. The van der Waals surface area contributed by atoms with Gasteiger partial charge < -0.3 is 5.73 Å². The van der Waals surface area contributed by atoms with Crippen LogP contribution in [-0.2, 0) is 10.7 Å². The summed E-state index contributed by atoms with van der Waals surface area (Å²) in [5.41, 5.74) is 6.64. The Morgan fingerprint density at radius 1 is 1.40 bits per heavy atom. The zero-order chi connectivity index (χ0) is 11.6. The molecule has 0 heterocycles. The quantitative estimate of drug-likeness (QED) is 0.789. The molecule has 0 unspecified atom stereocenters. The standard InChI is InChI=1S/C9H10Br2N2OS/c1-15(2)13-9(14)6-3-5(10)4-7(11)8(6)12/h3-4H,12H2,1-2H3. The van der Waals surface area contributed by atoms with Crippen LogP contribution in [0.5, 0.6) is 0 Å². The van der Waals surface area contributed by atoms with Crippen molar-refractivity contribution in [3.63, 3.8) is 0 Å².